The number of alkyl carbamates (subject to hydrolysis) is 2. The quantitative estimate of drug-likeness (QED) is 0.144. The minimum Gasteiger partial charge on any atom is -0.453 e. The first kappa shape index (κ1) is 42.9. The van der Waals surface area contributed by atoms with Crippen molar-refractivity contribution in [1.82, 2.24) is 40.4 Å². The second-order valence-corrected chi connectivity index (χ2v) is 17.3. The molecule has 330 valence electrons. The summed E-state index contributed by atoms with van der Waals surface area (Å²) in [6, 6.07) is 14.0. The van der Waals surface area contributed by atoms with E-state index in [0.717, 1.165) is 46.5 Å². The number of H-pyrrole nitrogens is 2. The highest BCUT2D eigenvalue weighted by Crippen LogP contribution is 2.46. The molecular weight excluding hydrogens is 797 g/mol. The lowest BCUT2D eigenvalue weighted by Gasteiger charge is -2.30. The average molecular weight is 853 g/mol. The Morgan fingerprint density at radius 2 is 1.11 bits per heavy atom. The first-order valence-electron chi connectivity index (χ1n) is 21.3. The maximum absolute atomic E-state index is 14.0. The van der Waals surface area contributed by atoms with Crippen LogP contribution in [0.25, 0.3) is 33.6 Å². The van der Waals surface area contributed by atoms with Crippen LogP contribution >= 0.6 is 0 Å². The summed E-state index contributed by atoms with van der Waals surface area (Å²) in [6.45, 7) is 9.69. The number of nitrogens with one attached hydrogen (secondary N) is 4. The zero-order valence-electron chi connectivity index (χ0n) is 36.1. The topological polar surface area (TPSA) is 202 Å². The van der Waals surface area contributed by atoms with Crippen LogP contribution in [-0.4, -0.2) is 124 Å². The maximum Gasteiger partial charge on any atom is 0.407 e. The minimum atomic E-state index is -0.939. The number of methoxy groups -OCH3 is 2. The number of ether oxygens (including phenoxy) is 5. The highest BCUT2D eigenvalue weighted by Gasteiger charge is 2.53. The molecule has 0 saturated carbocycles. The fourth-order valence-electron chi connectivity index (χ4n) is 9.23. The molecule has 2 aromatic heterocycles. The van der Waals surface area contributed by atoms with E-state index >= 15 is 0 Å². The van der Waals surface area contributed by atoms with E-state index < -0.39 is 41.7 Å². The van der Waals surface area contributed by atoms with E-state index in [9.17, 15) is 19.2 Å². The van der Waals surface area contributed by atoms with Crippen LogP contribution in [0, 0.1) is 11.8 Å². The summed E-state index contributed by atoms with van der Waals surface area (Å²) in [6.07, 6.45) is 5.03. The van der Waals surface area contributed by atoms with Crippen molar-refractivity contribution in [3.05, 3.63) is 72.6 Å². The molecule has 4 amide bonds. The van der Waals surface area contributed by atoms with E-state index in [2.05, 4.69) is 44.9 Å². The van der Waals surface area contributed by atoms with Gasteiger partial charge in [0.2, 0.25) is 11.8 Å². The molecule has 17 nitrogen and oxygen atoms in total. The fraction of sp³-hybridized carbons (Fsp3) is 0.511. The van der Waals surface area contributed by atoms with Gasteiger partial charge in [0.25, 0.3) is 0 Å². The van der Waals surface area contributed by atoms with Crippen LogP contribution in [-0.2, 0) is 33.3 Å². The molecule has 0 aliphatic carbocycles. The molecule has 4 fully saturated rings. The Balaban J connectivity index is 0.965. The molecule has 4 N–H and O–H groups in total. The van der Waals surface area contributed by atoms with Crippen molar-refractivity contribution in [3.63, 3.8) is 0 Å². The van der Waals surface area contributed by atoms with Crippen molar-refractivity contribution in [2.75, 3.05) is 47.1 Å². The highest BCUT2D eigenvalue weighted by molar-refractivity contribution is 5.87. The van der Waals surface area contributed by atoms with Crippen molar-refractivity contribution in [3.8, 4) is 33.6 Å². The number of rotatable bonds is 11. The molecule has 6 heterocycles. The number of carbonyl (C=O) groups is 4. The largest absolute Gasteiger partial charge is 0.453 e. The smallest absolute Gasteiger partial charge is 0.407 e. The third-order valence-electron chi connectivity index (χ3n) is 12.6. The van der Waals surface area contributed by atoms with Gasteiger partial charge in [0, 0.05) is 19.4 Å². The van der Waals surface area contributed by atoms with Gasteiger partial charge in [-0.25, -0.2) is 19.6 Å². The van der Waals surface area contributed by atoms with Crippen LogP contribution in [0.3, 0.4) is 0 Å². The summed E-state index contributed by atoms with van der Waals surface area (Å²) < 4.78 is 27.9. The molecule has 2 aromatic carbocycles. The average Bonchev–Trinajstić information content (AvgIpc) is 4.15. The van der Waals surface area contributed by atoms with Gasteiger partial charge < -0.3 is 54.1 Å². The van der Waals surface area contributed by atoms with Gasteiger partial charge in [0.15, 0.2) is 5.79 Å². The molecule has 8 rings (SSSR count). The number of hydrogen-bond donors (Lipinski definition) is 4. The highest BCUT2D eigenvalue weighted by atomic mass is 16.7. The van der Waals surface area contributed by atoms with Crippen molar-refractivity contribution >= 4 is 24.0 Å². The van der Waals surface area contributed by atoms with E-state index in [4.69, 9.17) is 33.7 Å². The molecule has 4 saturated heterocycles. The van der Waals surface area contributed by atoms with Crippen molar-refractivity contribution in [2.45, 2.75) is 88.9 Å². The van der Waals surface area contributed by atoms with E-state index in [1.54, 1.807) is 22.2 Å². The zero-order valence-corrected chi connectivity index (χ0v) is 36.1. The monoisotopic (exact) mass is 852 g/mol. The van der Waals surface area contributed by atoms with Gasteiger partial charge in [-0.3, -0.25) is 9.59 Å². The Labute approximate surface area is 360 Å². The number of amides is 4. The summed E-state index contributed by atoms with van der Waals surface area (Å²) in [5.74, 6) is -0.478. The Morgan fingerprint density at radius 1 is 0.661 bits per heavy atom. The zero-order chi connectivity index (χ0) is 43.8. The second-order valence-electron chi connectivity index (χ2n) is 17.3. The van der Waals surface area contributed by atoms with Crippen molar-refractivity contribution in [1.29, 1.82) is 0 Å². The normalized spacial score (nSPS) is 22.8. The van der Waals surface area contributed by atoms with Gasteiger partial charge in [0.05, 0.1) is 82.0 Å². The number of aromatic amines is 2. The molecule has 62 heavy (non-hydrogen) atoms. The molecule has 5 atom stereocenters. The second kappa shape index (κ2) is 17.5. The van der Waals surface area contributed by atoms with Crippen LogP contribution in [0.15, 0.2) is 60.9 Å². The van der Waals surface area contributed by atoms with Gasteiger partial charge in [-0.1, -0.05) is 76.2 Å². The number of nitrogens with zero attached hydrogens (tertiary/aromatic N) is 4. The summed E-state index contributed by atoms with van der Waals surface area (Å²) in [7, 11) is 2.56. The number of hydrogen-bond acceptors (Lipinski definition) is 11. The maximum atomic E-state index is 14.0. The first-order valence-corrected chi connectivity index (χ1v) is 21.3. The molecule has 4 aliphatic heterocycles. The van der Waals surface area contributed by atoms with E-state index in [0.29, 0.717) is 50.9 Å². The van der Waals surface area contributed by atoms with Crippen molar-refractivity contribution in [2.24, 2.45) is 11.8 Å². The Bertz CT molecular complexity index is 2080. The lowest BCUT2D eigenvalue weighted by Crippen LogP contribution is -2.52. The Morgan fingerprint density at radius 3 is 1.55 bits per heavy atom. The standard InChI is InChI=1S/C45H56N8O9/c1-26(2)36(50-42(56)58-5)40(54)52-24-44(16-7-17-60-44)20-34(52)38-46-22-32(48-38)30-12-8-28(9-13-30)29-10-14-31(15-11-29)33-23-47-39(49-33)35-21-45(61-18-19-62-45)25-53(35)41(55)37(27(3)4)51-43(57)59-6/h8-15,22-23,26-27,34-37H,7,16-21,24-25H2,1-6H3,(H,46,48)(H,47,49)(H,50,56)(H,51,57)/t34?,35-,36-,37?,44-/m0/s1. The third-order valence-corrected chi connectivity index (χ3v) is 12.6. The van der Waals surface area contributed by atoms with Gasteiger partial charge in [-0.2, -0.15) is 0 Å². The van der Waals surface area contributed by atoms with Gasteiger partial charge in [-0.15, -0.1) is 0 Å². The summed E-state index contributed by atoms with van der Waals surface area (Å²) >= 11 is 0. The molecule has 0 bridgehead atoms. The van der Waals surface area contributed by atoms with Crippen LogP contribution in [0.4, 0.5) is 9.59 Å². The molecule has 4 aromatic rings. The number of carbonyl (C=O) groups excluding carboxylic acids is 4. The minimum absolute atomic E-state index is 0.158. The number of likely N-dealkylation sites (tertiary alicyclic amines) is 2. The molecular formula is C45H56N8O9. The van der Waals surface area contributed by atoms with Crippen molar-refractivity contribution < 1.29 is 42.9 Å². The Hall–Kier alpha value is -5.78. The van der Waals surface area contributed by atoms with Crippen LogP contribution < -0.4 is 10.6 Å². The van der Waals surface area contributed by atoms with Gasteiger partial charge >= 0.3 is 12.2 Å². The van der Waals surface area contributed by atoms with E-state index in [1.165, 1.54) is 14.2 Å². The van der Waals surface area contributed by atoms with E-state index in [-0.39, 0.29) is 36.2 Å². The first-order chi connectivity index (χ1) is 29.8. The molecule has 4 aliphatic rings. The van der Waals surface area contributed by atoms with Gasteiger partial charge in [-0.05, 0) is 46.9 Å². The van der Waals surface area contributed by atoms with Gasteiger partial charge in [0.1, 0.15) is 23.7 Å². The fourth-order valence-corrected chi connectivity index (χ4v) is 9.23. The van der Waals surface area contributed by atoms with Crippen LogP contribution in [0.5, 0.6) is 0 Å². The number of aromatic nitrogens is 4. The Kier molecular flexibility index (Phi) is 12.1. The predicted molar refractivity (Wildman–Crippen MR) is 226 cm³/mol. The summed E-state index contributed by atoms with van der Waals surface area (Å²) in [5.41, 5.74) is 5.09. The van der Waals surface area contributed by atoms with Crippen LogP contribution in [0.1, 0.15) is 77.1 Å². The lowest BCUT2D eigenvalue weighted by atomic mass is 9.96. The SMILES string of the molecule is COC(=O)NC(C(=O)N1CC2(C[C@H]1c1ncc(-c3ccc(-c4ccc(-c5cnc(C6C[C@@]7(CCCO7)CN6C(=O)[C@@H](NC(=O)OC)C(C)C)[nH]5)cc4)cc3)[nH]1)OCCO2)C(C)C. The third kappa shape index (κ3) is 8.52. The number of benzene rings is 2. The molecule has 2 unspecified atom stereocenters. The molecule has 0 radical (unpaired) electrons. The summed E-state index contributed by atoms with van der Waals surface area (Å²) in [5, 5.41) is 5.42. The predicted octanol–water partition coefficient (Wildman–Crippen LogP) is 5.73. The summed E-state index contributed by atoms with van der Waals surface area (Å²) in [4.78, 5) is 72.3. The molecule has 2 spiro atoms. The number of imidazole rings is 2. The molecule has 17 heteroatoms. The lowest BCUT2D eigenvalue weighted by molar-refractivity contribution is -0.153. The van der Waals surface area contributed by atoms with E-state index in [1.807, 2.05) is 52.0 Å². The van der Waals surface area contributed by atoms with Crippen LogP contribution in [0.2, 0.25) is 0 Å².